The van der Waals surface area contributed by atoms with Crippen LogP contribution in [0.15, 0.2) is 48.5 Å². The van der Waals surface area contributed by atoms with Crippen molar-refractivity contribution in [2.75, 3.05) is 21.3 Å². The maximum atomic E-state index is 6.15. The molecule has 39 heavy (non-hydrogen) atoms. The van der Waals surface area contributed by atoms with Crippen molar-refractivity contribution in [2.45, 2.75) is 58.7 Å². The summed E-state index contributed by atoms with van der Waals surface area (Å²) in [6.45, 7) is 8.50. The quantitative estimate of drug-likeness (QED) is 0.234. The minimum Gasteiger partial charge on any atom is -0.493 e. The van der Waals surface area contributed by atoms with Gasteiger partial charge in [-0.2, -0.15) is 0 Å². The van der Waals surface area contributed by atoms with Gasteiger partial charge in [0.05, 0.1) is 27.4 Å². The van der Waals surface area contributed by atoms with Crippen molar-refractivity contribution in [3.05, 3.63) is 76.3 Å². The summed E-state index contributed by atoms with van der Waals surface area (Å²) in [5.74, 6) is 3.98. The van der Waals surface area contributed by atoms with Crippen LogP contribution in [0.2, 0.25) is 0 Å². The number of hydrogen-bond donors (Lipinski definition) is 0. The third-order valence-corrected chi connectivity index (χ3v) is 7.30. The summed E-state index contributed by atoms with van der Waals surface area (Å²) >= 11 is 0. The molecule has 0 saturated heterocycles. The Bertz CT molecular complexity index is 1300. The second-order valence-electron chi connectivity index (χ2n) is 9.92. The highest BCUT2D eigenvalue weighted by Crippen LogP contribution is 2.46. The Hall–Kier alpha value is -3.86. The molecule has 5 heteroatoms. The lowest BCUT2D eigenvalue weighted by atomic mass is 9.94. The third-order valence-electron chi connectivity index (χ3n) is 7.30. The Morgan fingerprint density at radius 1 is 0.744 bits per heavy atom. The molecule has 1 aliphatic rings. The van der Waals surface area contributed by atoms with Crippen molar-refractivity contribution in [3.63, 3.8) is 0 Å². The summed E-state index contributed by atoms with van der Waals surface area (Å²) in [4.78, 5) is 0. The average Bonchev–Trinajstić information content (AvgIpc) is 3.30. The van der Waals surface area contributed by atoms with Gasteiger partial charge in [0.25, 0.3) is 0 Å². The lowest BCUT2D eigenvalue weighted by Crippen LogP contribution is -2.14. The van der Waals surface area contributed by atoms with Gasteiger partial charge < -0.3 is 23.7 Å². The molecule has 3 atom stereocenters. The van der Waals surface area contributed by atoms with Gasteiger partial charge in [0.2, 0.25) is 5.75 Å². The molecule has 0 amide bonds. The summed E-state index contributed by atoms with van der Waals surface area (Å²) in [6, 6.07) is 16.6. The first kappa shape index (κ1) is 28.2. The van der Waals surface area contributed by atoms with Crippen LogP contribution in [0, 0.1) is 0 Å². The molecule has 0 spiro atoms. The van der Waals surface area contributed by atoms with E-state index in [1.54, 1.807) is 21.3 Å². The lowest BCUT2D eigenvalue weighted by Gasteiger charge is -2.18. The average molecular weight is 529 g/mol. The Morgan fingerprint density at radius 3 is 1.72 bits per heavy atom. The summed E-state index contributed by atoms with van der Waals surface area (Å²) in [5.41, 5.74) is 5.51. The fourth-order valence-electron chi connectivity index (χ4n) is 4.75. The molecule has 3 unspecified atom stereocenters. The molecule has 0 aromatic heterocycles. The van der Waals surface area contributed by atoms with E-state index < -0.39 is 0 Å². The van der Waals surface area contributed by atoms with E-state index in [0.29, 0.717) is 23.2 Å². The van der Waals surface area contributed by atoms with Gasteiger partial charge in [-0.05, 0) is 66.3 Å². The zero-order valence-corrected chi connectivity index (χ0v) is 24.1. The SMILES string of the molecule is CCC(C)Oc1c(OC)cc(/C=C/c2ccc(/C=C/c3cc(OC)c4c(c3)C(C)C(CC)O4)cc2)cc1OC. The minimum atomic E-state index is 0.0671. The molecule has 0 fully saturated rings. The highest BCUT2D eigenvalue weighted by molar-refractivity contribution is 5.75. The lowest BCUT2D eigenvalue weighted by molar-refractivity contribution is 0.198. The van der Waals surface area contributed by atoms with Crippen LogP contribution < -0.4 is 23.7 Å². The van der Waals surface area contributed by atoms with Crippen LogP contribution in [-0.2, 0) is 0 Å². The number of ether oxygens (including phenoxy) is 5. The zero-order chi connectivity index (χ0) is 27.9. The molecule has 1 heterocycles. The molecule has 4 rings (SSSR count). The van der Waals surface area contributed by atoms with Crippen LogP contribution in [0.25, 0.3) is 24.3 Å². The third kappa shape index (κ3) is 6.42. The van der Waals surface area contributed by atoms with Gasteiger partial charge in [0.15, 0.2) is 23.0 Å². The molecule has 206 valence electrons. The first-order chi connectivity index (χ1) is 18.9. The molecule has 1 aliphatic heterocycles. The highest BCUT2D eigenvalue weighted by Gasteiger charge is 2.32. The van der Waals surface area contributed by atoms with Gasteiger partial charge in [-0.3, -0.25) is 0 Å². The Morgan fingerprint density at radius 2 is 1.23 bits per heavy atom. The van der Waals surface area contributed by atoms with Gasteiger partial charge in [-0.15, -0.1) is 0 Å². The zero-order valence-electron chi connectivity index (χ0n) is 24.1. The van der Waals surface area contributed by atoms with E-state index in [0.717, 1.165) is 46.6 Å². The molecule has 0 N–H and O–H groups in total. The number of rotatable bonds is 11. The molecule has 0 radical (unpaired) electrons. The normalized spacial score (nSPS) is 17.2. The van der Waals surface area contributed by atoms with Gasteiger partial charge in [0, 0.05) is 11.5 Å². The number of fused-ring (bicyclic) bond motifs is 1. The highest BCUT2D eigenvalue weighted by atomic mass is 16.5. The van der Waals surface area contributed by atoms with Crippen molar-refractivity contribution < 1.29 is 23.7 Å². The van der Waals surface area contributed by atoms with E-state index in [4.69, 9.17) is 23.7 Å². The van der Waals surface area contributed by atoms with Crippen molar-refractivity contribution >= 4 is 24.3 Å². The first-order valence-electron chi connectivity index (χ1n) is 13.7. The molecule has 0 bridgehead atoms. The summed E-state index contributed by atoms with van der Waals surface area (Å²) in [5, 5.41) is 0. The molecule has 3 aromatic rings. The van der Waals surface area contributed by atoms with Crippen LogP contribution >= 0.6 is 0 Å². The predicted octanol–water partition coefficient (Wildman–Crippen LogP) is 8.51. The van der Waals surface area contributed by atoms with Gasteiger partial charge >= 0.3 is 0 Å². The van der Waals surface area contributed by atoms with Gasteiger partial charge in [-0.1, -0.05) is 69.3 Å². The van der Waals surface area contributed by atoms with E-state index in [9.17, 15) is 0 Å². The molecular formula is C34H40O5. The molecule has 5 nitrogen and oxygen atoms in total. The number of benzene rings is 3. The number of hydrogen-bond acceptors (Lipinski definition) is 5. The standard InChI is InChI=1S/C34H40O5/c1-8-22(3)38-34-31(36-6)20-27(21-32(34)37-7)17-15-25-12-10-24(11-13-25)14-16-26-18-28-23(4)29(9-2)39-33(28)30(19-26)35-5/h10-23,29H,8-9H2,1-7H3/b16-14+,17-15+. The van der Waals surface area contributed by atoms with Crippen molar-refractivity contribution in [2.24, 2.45) is 0 Å². The van der Waals surface area contributed by atoms with Crippen LogP contribution in [0.3, 0.4) is 0 Å². The van der Waals surface area contributed by atoms with Gasteiger partial charge in [-0.25, -0.2) is 0 Å². The molecule has 0 saturated carbocycles. The molecule has 3 aromatic carbocycles. The second-order valence-corrected chi connectivity index (χ2v) is 9.92. The van der Waals surface area contributed by atoms with Crippen molar-refractivity contribution in [3.8, 4) is 28.7 Å². The van der Waals surface area contributed by atoms with Crippen LogP contribution in [0.1, 0.15) is 74.3 Å². The fraction of sp³-hybridized carbons (Fsp3) is 0.353. The smallest absolute Gasteiger partial charge is 0.203 e. The maximum Gasteiger partial charge on any atom is 0.203 e. The Labute approximate surface area is 233 Å². The number of methoxy groups -OCH3 is 3. The maximum absolute atomic E-state index is 6.15. The van der Waals surface area contributed by atoms with Crippen molar-refractivity contribution in [1.82, 2.24) is 0 Å². The second kappa shape index (κ2) is 12.8. The van der Waals surface area contributed by atoms with Crippen LogP contribution in [-0.4, -0.2) is 33.5 Å². The van der Waals surface area contributed by atoms with Gasteiger partial charge in [0.1, 0.15) is 6.10 Å². The van der Waals surface area contributed by atoms with E-state index >= 15 is 0 Å². The minimum absolute atomic E-state index is 0.0671. The topological polar surface area (TPSA) is 46.2 Å². The van der Waals surface area contributed by atoms with Crippen LogP contribution in [0.5, 0.6) is 28.7 Å². The largest absolute Gasteiger partial charge is 0.493 e. The van der Waals surface area contributed by atoms with E-state index in [2.05, 4.69) is 69.3 Å². The van der Waals surface area contributed by atoms with E-state index in [1.165, 1.54) is 5.56 Å². The van der Waals surface area contributed by atoms with Crippen molar-refractivity contribution in [1.29, 1.82) is 0 Å². The summed E-state index contributed by atoms with van der Waals surface area (Å²) < 4.78 is 29.0. The van der Waals surface area contributed by atoms with Crippen LogP contribution in [0.4, 0.5) is 0 Å². The summed E-state index contributed by atoms with van der Waals surface area (Å²) in [6.07, 6.45) is 10.5. The van der Waals surface area contributed by atoms with E-state index in [1.807, 2.05) is 31.2 Å². The summed E-state index contributed by atoms with van der Waals surface area (Å²) in [7, 11) is 4.99. The first-order valence-corrected chi connectivity index (χ1v) is 13.7. The molecular weight excluding hydrogens is 488 g/mol. The fourth-order valence-corrected chi connectivity index (χ4v) is 4.75. The Balaban J connectivity index is 1.49. The Kier molecular flexibility index (Phi) is 9.23. The van der Waals surface area contributed by atoms with E-state index in [-0.39, 0.29) is 12.2 Å². The predicted molar refractivity (Wildman–Crippen MR) is 160 cm³/mol. The molecule has 0 aliphatic carbocycles. The monoisotopic (exact) mass is 528 g/mol.